The van der Waals surface area contributed by atoms with E-state index in [9.17, 15) is 28.7 Å². The molecule has 1 aromatic heterocycles. The number of nitriles is 1. The third kappa shape index (κ3) is 7.25. The van der Waals surface area contributed by atoms with Crippen LogP contribution in [-0.4, -0.2) is 65.4 Å². The molecule has 0 saturated heterocycles. The number of sulfone groups is 1. The van der Waals surface area contributed by atoms with Crippen molar-refractivity contribution in [1.29, 1.82) is 5.26 Å². The molecule has 62 heavy (non-hydrogen) atoms. The molecule has 7 aliphatic rings. The lowest BCUT2D eigenvalue weighted by molar-refractivity contribution is -0.221. The van der Waals surface area contributed by atoms with Crippen LogP contribution in [0.25, 0.3) is 0 Å². The maximum Gasteiger partial charge on any atom is 0.313 e. The molecule has 5 fully saturated rings. The number of carboxylic acid groups (broad SMARTS) is 1. The second kappa shape index (κ2) is 15.9. The predicted molar refractivity (Wildman–Crippen MR) is 244 cm³/mol. The van der Waals surface area contributed by atoms with Gasteiger partial charge in [0.15, 0.2) is 0 Å². The van der Waals surface area contributed by atoms with Crippen molar-refractivity contribution in [1.82, 2.24) is 10.3 Å². The predicted octanol–water partition coefficient (Wildman–Crippen LogP) is 10.2. The zero-order valence-electron chi connectivity index (χ0n) is 38.8. The van der Waals surface area contributed by atoms with Gasteiger partial charge < -0.3 is 20.3 Å². The molecule has 0 bridgehead atoms. The van der Waals surface area contributed by atoms with Crippen LogP contribution in [0.1, 0.15) is 156 Å². The average Bonchev–Trinajstić information content (AvgIpc) is 3.60. The highest BCUT2D eigenvalue weighted by atomic mass is 32.2. The van der Waals surface area contributed by atoms with Gasteiger partial charge in [0.05, 0.1) is 10.9 Å². The number of rotatable bonds is 11. The van der Waals surface area contributed by atoms with E-state index in [-0.39, 0.29) is 44.9 Å². The summed E-state index contributed by atoms with van der Waals surface area (Å²) in [5, 5.41) is 35.5. The second-order valence-corrected chi connectivity index (χ2v) is 25.4. The molecule has 0 amide bonds. The van der Waals surface area contributed by atoms with Gasteiger partial charge in [-0.2, -0.15) is 5.26 Å². The van der Waals surface area contributed by atoms with E-state index in [1.54, 1.807) is 18.3 Å². The standard InChI is InChI=1S/C52H75N3O6S/c1-34(2)38-17-26-52(55-31-29-51(58)24-15-37(16-25-51)62(8,59)60)28-27-48(6)40(43(38)52)11-12-42-47(5)20-18-39(46(3,4)41(47)19-21-49(42,48)7)35-13-22-50(23-14-35,45(56)57)33-61-44-36(32-53)10-9-30-54-44/h9-10,13,18,30,37-38,40-43,55,58H,1,11-12,14-17,19-29,31,33H2,2-8H3,(H,56,57)/t37?,38-,40+,41?,42?,43?,47-,48+,49+,50-,51?,52-/m0/s1. The van der Waals surface area contributed by atoms with E-state index in [2.05, 4.69) is 76.6 Å². The molecular weight excluding hydrogens is 795 g/mol. The Labute approximate surface area is 372 Å². The normalized spacial score (nSPS) is 42.4. The summed E-state index contributed by atoms with van der Waals surface area (Å²) in [6, 6.07) is 5.42. The molecule has 0 aromatic carbocycles. The Hall–Kier alpha value is -3.00. The Bertz CT molecular complexity index is 2170. The van der Waals surface area contributed by atoms with Crippen LogP contribution in [0.2, 0.25) is 0 Å². The molecule has 10 heteroatoms. The fourth-order valence-corrected chi connectivity index (χ4v) is 17.4. The molecule has 8 rings (SSSR count). The van der Waals surface area contributed by atoms with Gasteiger partial charge in [-0.1, -0.05) is 58.9 Å². The van der Waals surface area contributed by atoms with E-state index < -0.39 is 26.8 Å². The first-order valence-corrected chi connectivity index (χ1v) is 26.0. The summed E-state index contributed by atoms with van der Waals surface area (Å²) in [6.07, 6.45) is 22.7. The van der Waals surface area contributed by atoms with Crippen molar-refractivity contribution < 1.29 is 28.2 Å². The van der Waals surface area contributed by atoms with E-state index in [4.69, 9.17) is 4.74 Å². The number of aliphatic carboxylic acids is 1. The minimum atomic E-state index is -3.08. The Morgan fingerprint density at radius 2 is 1.69 bits per heavy atom. The smallest absolute Gasteiger partial charge is 0.313 e. The van der Waals surface area contributed by atoms with Gasteiger partial charge in [0.25, 0.3) is 0 Å². The highest BCUT2D eigenvalue weighted by Gasteiger charge is 2.70. The van der Waals surface area contributed by atoms with Gasteiger partial charge >= 0.3 is 5.97 Å². The molecule has 9 nitrogen and oxygen atoms in total. The lowest BCUT2D eigenvalue weighted by Gasteiger charge is -2.72. The number of carboxylic acids is 1. The third-order valence-electron chi connectivity index (χ3n) is 20.0. The van der Waals surface area contributed by atoms with E-state index >= 15 is 0 Å². The molecule has 10 atom stereocenters. The first kappa shape index (κ1) is 45.6. The Balaban J connectivity index is 0.998. The highest BCUT2D eigenvalue weighted by molar-refractivity contribution is 7.91. The van der Waals surface area contributed by atoms with Crippen LogP contribution in [0.4, 0.5) is 0 Å². The number of nitrogens with zero attached hydrogens (tertiary/aromatic N) is 2. The minimum absolute atomic E-state index is 0.0230. The Morgan fingerprint density at radius 1 is 0.952 bits per heavy atom. The highest BCUT2D eigenvalue weighted by Crippen LogP contribution is 2.76. The molecule has 5 saturated carbocycles. The molecule has 3 unspecified atom stereocenters. The molecule has 0 aliphatic heterocycles. The van der Waals surface area contributed by atoms with Gasteiger partial charge in [-0.15, -0.1) is 0 Å². The van der Waals surface area contributed by atoms with E-state index in [0.717, 1.165) is 25.8 Å². The van der Waals surface area contributed by atoms with Crippen molar-refractivity contribution in [2.75, 3.05) is 19.4 Å². The number of carbonyl (C=O) groups is 1. The molecule has 1 heterocycles. The molecule has 340 valence electrons. The first-order valence-electron chi connectivity index (χ1n) is 24.0. The van der Waals surface area contributed by atoms with Crippen LogP contribution in [0.5, 0.6) is 5.88 Å². The number of ether oxygens (including phenoxy) is 1. The zero-order chi connectivity index (χ0) is 44.7. The monoisotopic (exact) mass is 870 g/mol. The Morgan fingerprint density at radius 3 is 2.34 bits per heavy atom. The largest absolute Gasteiger partial charge is 0.481 e. The van der Waals surface area contributed by atoms with Gasteiger partial charge in [-0.05, 0) is 197 Å². The van der Waals surface area contributed by atoms with Gasteiger partial charge in [-0.3, -0.25) is 4.79 Å². The maximum atomic E-state index is 12.8. The van der Waals surface area contributed by atoms with Crippen molar-refractivity contribution in [2.45, 2.75) is 167 Å². The summed E-state index contributed by atoms with van der Waals surface area (Å²) < 4.78 is 30.4. The van der Waals surface area contributed by atoms with E-state index in [1.165, 1.54) is 61.5 Å². The van der Waals surface area contributed by atoms with Crippen molar-refractivity contribution in [2.24, 2.45) is 56.7 Å². The molecule has 0 spiro atoms. The number of pyridine rings is 1. The summed E-state index contributed by atoms with van der Waals surface area (Å²) in [4.78, 5) is 17.0. The number of allylic oxidation sites excluding steroid dienone is 5. The van der Waals surface area contributed by atoms with Gasteiger partial charge in [0.1, 0.15) is 33.5 Å². The maximum absolute atomic E-state index is 12.8. The number of aromatic nitrogens is 1. The lowest BCUT2D eigenvalue weighted by Crippen LogP contribution is -2.68. The van der Waals surface area contributed by atoms with Crippen LogP contribution in [0.15, 0.2) is 53.8 Å². The third-order valence-corrected chi connectivity index (χ3v) is 21.7. The van der Waals surface area contributed by atoms with Crippen molar-refractivity contribution >= 4 is 15.8 Å². The number of fused-ring (bicyclic) bond motifs is 7. The summed E-state index contributed by atoms with van der Waals surface area (Å²) in [7, 11) is -3.08. The Kier molecular flexibility index (Phi) is 11.7. The van der Waals surface area contributed by atoms with E-state index in [0.29, 0.717) is 86.5 Å². The molecule has 0 radical (unpaired) electrons. The number of hydrogen-bond acceptors (Lipinski definition) is 8. The quantitative estimate of drug-likeness (QED) is 0.185. The van der Waals surface area contributed by atoms with Crippen LogP contribution in [0, 0.1) is 68.0 Å². The molecular formula is C52H75N3O6S. The molecule has 7 aliphatic carbocycles. The summed E-state index contributed by atoms with van der Waals surface area (Å²) in [6.45, 7) is 20.5. The fraction of sp³-hybridized carbons (Fsp3) is 0.750. The number of hydrogen-bond donors (Lipinski definition) is 3. The molecule has 1 aromatic rings. The van der Waals surface area contributed by atoms with Gasteiger partial charge in [-0.25, -0.2) is 13.4 Å². The lowest BCUT2D eigenvalue weighted by atomic mass is 9.33. The van der Waals surface area contributed by atoms with Crippen LogP contribution in [-0.2, 0) is 14.6 Å². The fourth-order valence-electron chi connectivity index (χ4n) is 16.3. The summed E-state index contributed by atoms with van der Waals surface area (Å²) >= 11 is 0. The SMILES string of the molecule is C=C(C)[C@@H]1CC[C@]2(NCCC3(O)CCC(S(C)(=O)=O)CC3)CC[C@]3(C)[C@H](CCC4[C@@]5(C)CC=C(C6=CC[C@](COc7ncccc7C#N)(C(=O)O)CC6)C(C)(C)C5CC[C@]43C)C12. The average molecular weight is 870 g/mol. The number of nitrogens with one attached hydrogen (secondary N) is 1. The van der Waals surface area contributed by atoms with Crippen LogP contribution >= 0.6 is 0 Å². The zero-order valence-corrected chi connectivity index (χ0v) is 39.6. The van der Waals surface area contributed by atoms with Crippen molar-refractivity contribution in [3.05, 3.63) is 59.3 Å². The molecule has 3 N–H and O–H groups in total. The van der Waals surface area contributed by atoms with Gasteiger partial charge in [0, 0.05) is 18.0 Å². The van der Waals surface area contributed by atoms with Crippen molar-refractivity contribution in [3.63, 3.8) is 0 Å². The minimum Gasteiger partial charge on any atom is -0.481 e. The van der Waals surface area contributed by atoms with E-state index in [1.807, 2.05) is 0 Å². The first-order chi connectivity index (χ1) is 29.1. The van der Waals surface area contributed by atoms with Crippen LogP contribution in [0.3, 0.4) is 0 Å². The second-order valence-electron chi connectivity index (χ2n) is 23.1. The van der Waals surface area contributed by atoms with Crippen molar-refractivity contribution in [3.8, 4) is 11.9 Å². The van der Waals surface area contributed by atoms with Crippen LogP contribution < -0.4 is 10.1 Å². The summed E-state index contributed by atoms with van der Waals surface area (Å²) in [5.74, 6) is 2.06. The topological polar surface area (TPSA) is 150 Å². The number of aliphatic hydroxyl groups is 1. The summed E-state index contributed by atoms with van der Waals surface area (Å²) in [5.41, 5.74) is 3.02. The van der Waals surface area contributed by atoms with Gasteiger partial charge in [0.2, 0.25) is 5.88 Å².